The van der Waals surface area contributed by atoms with Gasteiger partial charge in [-0.15, -0.1) is 0 Å². The zero-order valence-electron chi connectivity index (χ0n) is 10.5. The van der Waals surface area contributed by atoms with E-state index in [2.05, 4.69) is 4.98 Å². The Morgan fingerprint density at radius 3 is 2.63 bits per heavy atom. The molecule has 2 rings (SSSR count). The Hall–Kier alpha value is -2.07. The molecule has 0 fully saturated rings. The van der Waals surface area contributed by atoms with Gasteiger partial charge in [0, 0.05) is 6.20 Å². The van der Waals surface area contributed by atoms with Crippen molar-refractivity contribution in [1.29, 1.82) is 0 Å². The molecule has 1 N–H and O–H groups in total. The number of nitrogens with zero attached hydrogens (tertiary/aromatic N) is 1. The van der Waals surface area contributed by atoms with Crippen LogP contribution in [0.15, 0.2) is 30.5 Å². The van der Waals surface area contributed by atoms with E-state index >= 15 is 0 Å². The third-order valence-corrected chi connectivity index (χ3v) is 2.86. The maximum atomic E-state index is 10.8. The predicted molar refractivity (Wildman–Crippen MR) is 72.2 cm³/mol. The summed E-state index contributed by atoms with van der Waals surface area (Å²) in [6, 6.07) is 7.04. The van der Waals surface area contributed by atoms with Gasteiger partial charge < -0.3 is 9.84 Å². The number of rotatable bonds is 3. The van der Waals surface area contributed by atoms with E-state index in [0.717, 1.165) is 11.1 Å². The number of benzene rings is 1. The van der Waals surface area contributed by atoms with Crippen molar-refractivity contribution in [2.75, 3.05) is 0 Å². The maximum Gasteiger partial charge on any atom is 0.337 e. The van der Waals surface area contributed by atoms with Crippen molar-refractivity contribution in [3.05, 3.63) is 52.2 Å². The van der Waals surface area contributed by atoms with E-state index in [1.807, 2.05) is 32.0 Å². The highest BCUT2D eigenvalue weighted by Crippen LogP contribution is 2.29. The summed E-state index contributed by atoms with van der Waals surface area (Å²) in [7, 11) is 0. The van der Waals surface area contributed by atoms with Crippen LogP contribution in [0.4, 0.5) is 0 Å². The first-order valence-corrected chi connectivity index (χ1v) is 5.99. The van der Waals surface area contributed by atoms with Gasteiger partial charge in [0.1, 0.15) is 10.8 Å². The van der Waals surface area contributed by atoms with Crippen LogP contribution in [0, 0.1) is 13.8 Å². The third-order valence-electron chi connectivity index (χ3n) is 2.59. The Morgan fingerprint density at radius 2 is 2.05 bits per heavy atom. The topological polar surface area (TPSA) is 59.4 Å². The molecule has 0 saturated carbocycles. The van der Waals surface area contributed by atoms with Crippen LogP contribution >= 0.6 is 11.6 Å². The van der Waals surface area contributed by atoms with Gasteiger partial charge in [0.2, 0.25) is 5.88 Å². The normalized spacial score (nSPS) is 10.3. The molecule has 98 valence electrons. The fourth-order valence-corrected chi connectivity index (χ4v) is 1.84. The number of carbonyl (C=O) groups is 1. The monoisotopic (exact) mass is 277 g/mol. The summed E-state index contributed by atoms with van der Waals surface area (Å²) in [6.07, 6.45) is 1.22. The largest absolute Gasteiger partial charge is 0.478 e. The van der Waals surface area contributed by atoms with Crippen molar-refractivity contribution >= 4 is 17.6 Å². The van der Waals surface area contributed by atoms with Gasteiger partial charge in [-0.2, -0.15) is 0 Å². The zero-order valence-corrected chi connectivity index (χ0v) is 11.2. The van der Waals surface area contributed by atoms with E-state index in [9.17, 15) is 4.79 Å². The molecule has 0 aliphatic rings. The standard InChI is InChI=1S/C14H12ClNO3/c1-8-3-4-12(9(2)5-8)19-13-11(15)6-10(7-16-13)14(17)18/h3-7H,1-2H3,(H,17,18). The lowest BCUT2D eigenvalue weighted by Gasteiger charge is -2.09. The number of aromatic carboxylic acids is 1. The van der Waals surface area contributed by atoms with Crippen molar-refractivity contribution in [1.82, 2.24) is 4.98 Å². The molecule has 1 aromatic carbocycles. The van der Waals surface area contributed by atoms with E-state index in [1.165, 1.54) is 12.3 Å². The number of hydrogen-bond donors (Lipinski definition) is 1. The highest BCUT2D eigenvalue weighted by molar-refractivity contribution is 6.32. The van der Waals surface area contributed by atoms with Crippen molar-refractivity contribution in [2.24, 2.45) is 0 Å². The number of carboxylic acid groups (broad SMARTS) is 1. The molecule has 0 aliphatic heterocycles. The van der Waals surface area contributed by atoms with Crippen LogP contribution < -0.4 is 4.74 Å². The SMILES string of the molecule is Cc1ccc(Oc2ncc(C(=O)O)cc2Cl)c(C)c1. The molecule has 0 aliphatic carbocycles. The second kappa shape index (κ2) is 5.28. The smallest absolute Gasteiger partial charge is 0.337 e. The Morgan fingerprint density at radius 1 is 1.32 bits per heavy atom. The minimum atomic E-state index is -1.08. The van der Waals surface area contributed by atoms with Crippen LogP contribution in [0.5, 0.6) is 11.6 Å². The number of halogens is 1. The summed E-state index contributed by atoms with van der Waals surface area (Å²) in [5.74, 6) is -0.242. The molecule has 5 heteroatoms. The fraction of sp³-hybridized carbons (Fsp3) is 0.143. The number of aromatic nitrogens is 1. The van der Waals surface area contributed by atoms with Gasteiger partial charge in [-0.3, -0.25) is 0 Å². The molecule has 0 unspecified atom stereocenters. The minimum Gasteiger partial charge on any atom is -0.478 e. The van der Waals surface area contributed by atoms with E-state index in [4.69, 9.17) is 21.4 Å². The van der Waals surface area contributed by atoms with Crippen LogP contribution in [-0.4, -0.2) is 16.1 Å². The van der Waals surface area contributed by atoms with Gasteiger partial charge in [-0.25, -0.2) is 9.78 Å². The maximum absolute atomic E-state index is 10.8. The van der Waals surface area contributed by atoms with E-state index < -0.39 is 5.97 Å². The summed E-state index contributed by atoms with van der Waals surface area (Å²) in [4.78, 5) is 14.7. The molecule has 0 radical (unpaired) electrons. The first kappa shape index (κ1) is 13.4. The van der Waals surface area contributed by atoms with Crippen molar-refractivity contribution in [3.63, 3.8) is 0 Å². The highest BCUT2D eigenvalue weighted by Gasteiger charge is 2.11. The highest BCUT2D eigenvalue weighted by atomic mass is 35.5. The van der Waals surface area contributed by atoms with Gasteiger partial charge in [0.05, 0.1) is 5.56 Å². The van der Waals surface area contributed by atoms with Gasteiger partial charge in [0.25, 0.3) is 0 Å². The molecule has 0 bridgehead atoms. The summed E-state index contributed by atoms with van der Waals surface area (Å²) in [6.45, 7) is 3.91. The molecule has 19 heavy (non-hydrogen) atoms. The van der Waals surface area contributed by atoms with Gasteiger partial charge in [-0.05, 0) is 31.5 Å². The molecule has 4 nitrogen and oxygen atoms in total. The summed E-state index contributed by atoms with van der Waals surface area (Å²) >= 11 is 5.96. The van der Waals surface area contributed by atoms with Crippen LogP contribution in [0.25, 0.3) is 0 Å². The van der Waals surface area contributed by atoms with E-state index in [0.29, 0.717) is 5.75 Å². The number of ether oxygens (including phenoxy) is 1. The Labute approximate surface area is 115 Å². The number of carboxylic acids is 1. The second-order valence-corrected chi connectivity index (χ2v) is 4.59. The molecule has 2 aromatic rings. The van der Waals surface area contributed by atoms with Gasteiger partial charge in [0.15, 0.2) is 0 Å². The summed E-state index contributed by atoms with van der Waals surface area (Å²) in [5, 5.41) is 8.99. The fourth-order valence-electron chi connectivity index (χ4n) is 1.64. The van der Waals surface area contributed by atoms with Crippen molar-refractivity contribution in [2.45, 2.75) is 13.8 Å². The van der Waals surface area contributed by atoms with Crippen molar-refractivity contribution in [3.8, 4) is 11.6 Å². The lowest BCUT2D eigenvalue weighted by atomic mass is 10.1. The molecule has 0 atom stereocenters. The number of pyridine rings is 1. The minimum absolute atomic E-state index is 0.0259. The molecular formula is C14H12ClNO3. The molecule has 0 amide bonds. The summed E-state index contributed by atoms with van der Waals surface area (Å²) < 4.78 is 5.59. The average Bonchev–Trinajstić information content (AvgIpc) is 2.34. The Kier molecular flexibility index (Phi) is 3.71. The quantitative estimate of drug-likeness (QED) is 0.926. The lowest BCUT2D eigenvalue weighted by Crippen LogP contribution is -1.99. The van der Waals surface area contributed by atoms with E-state index in [1.54, 1.807) is 0 Å². The molecule has 1 aromatic heterocycles. The molecule has 1 heterocycles. The van der Waals surface area contributed by atoms with Gasteiger partial charge in [-0.1, -0.05) is 29.3 Å². The predicted octanol–water partition coefficient (Wildman–Crippen LogP) is 3.84. The first-order valence-electron chi connectivity index (χ1n) is 5.61. The van der Waals surface area contributed by atoms with E-state index in [-0.39, 0.29) is 16.5 Å². The van der Waals surface area contributed by atoms with Crippen LogP contribution in [0.3, 0.4) is 0 Å². The van der Waals surface area contributed by atoms with Crippen LogP contribution in [0.2, 0.25) is 5.02 Å². The van der Waals surface area contributed by atoms with Gasteiger partial charge >= 0.3 is 5.97 Å². The van der Waals surface area contributed by atoms with Crippen LogP contribution in [-0.2, 0) is 0 Å². The zero-order chi connectivity index (χ0) is 14.0. The first-order chi connectivity index (χ1) is 8.97. The average molecular weight is 278 g/mol. The lowest BCUT2D eigenvalue weighted by molar-refractivity contribution is 0.0696. The second-order valence-electron chi connectivity index (χ2n) is 4.19. The molecule has 0 spiro atoms. The number of aryl methyl sites for hydroxylation is 2. The summed E-state index contributed by atoms with van der Waals surface area (Å²) in [5.41, 5.74) is 2.11. The Bertz CT molecular complexity index is 641. The van der Waals surface area contributed by atoms with Crippen molar-refractivity contribution < 1.29 is 14.6 Å². The third kappa shape index (κ3) is 3.03. The molecule has 0 saturated heterocycles. The van der Waals surface area contributed by atoms with Crippen LogP contribution in [0.1, 0.15) is 21.5 Å². The molecular weight excluding hydrogens is 266 g/mol. The Balaban J connectivity index is 2.31. The number of hydrogen-bond acceptors (Lipinski definition) is 3.